The van der Waals surface area contributed by atoms with Crippen LogP contribution in [0.4, 0.5) is 0 Å². The first-order valence-corrected chi connectivity index (χ1v) is 5.01. The predicted octanol–water partition coefficient (Wildman–Crippen LogP) is 1.99. The Morgan fingerprint density at radius 2 is 2.08 bits per heavy atom. The van der Waals surface area contributed by atoms with Crippen molar-refractivity contribution in [3.05, 3.63) is 5.82 Å². The molecule has 0 N–H and O–H groups in total. The molecule has 0 bridgehead atoms. The Bertz CT molecular complexity index is 242. The first-order valence-electron chi connectivity index (χ1n) is 5.01. The lowest BCUT2D eigenvalue weighted by molar-refractivity contribution is 0.483. The second-order valence-corrected chi connectivity index (χ2v) is 3.61. The summed E-state index contributed by atoms with van der Waals surface area (Å²) in [7, 11) is 0. The molecule has 1 aromatic rings. The third-order valence-electron chi connectivity index (χ3n) is 1.95. The van der Waals surface area contributed by atoms with Gasteiger partial charge in [-0.1, -0.05) is 33.6 Å². The molecule has 0 saturated carbocycles. The topological polar surface area (TPSA) is 43.6 Å². The van der Waals surface area contributed by atoms with Crippen LogP contribution in [0.25, 0.3) is 0 Å². The van der Waals surface area contributed by atoms with Gasteiger partial charge in [-0.05, 0) is 11.6 Å². The van der Waals surface area contributed by atoms with E-state index in [1.165, 1.54) is 12.8 Å². The molecular weight excluding hydrogens is 164 g/mol. The molecule has 0 spiro atoms. The lowest BCUT2D eigenvalue weighted by Crippen LogP contribution is -2.03. The lowest BCUT2D eigenvalue weighted by Gasteiger charge is -1.97. The van der Waals surface area contributed by atoms with E-state index in [0.29, 0.717) is 5.92 Å². The molecule has 0 aliphatic rings. The van der Waals surface area contributed by atoms with Gasteiger partial charge in [-0.15, -0.1) is 10.2 Å². The van der Waals surface area contributed by atoms with Crippen molar-refractivity contribution in [1.29, 1.82) is 0 Å². The molecule has 1 aromatic heterocycles. The molecule has 74 valence electrons. The maximum atomic E-state index is 4.28. The third kappa shape index (κ3) is 3.13. The molecule has 1 rings (SSSR count). The standard InChI is InChI=1S/C9H18N4/c1-4-5-6-7-13-11-9(8(2)3)10-12-13/h8H,4-7H2,1-3H3. The van der Waals surface area contributed by atoms with E-state index in [1.54, 1.807) is 4.80 Å². The summed E-state index contributed by atoms with van der Waals surface area (Å²) in [5.74, 6) is 1.22. The van der Waals surface area contributed by atoms with Gasteiger partial charge < -0.3 is 0 Å². The Morgan fingerprint density at radius 3 is 2.62 bits per heavy atom. The Morgan fingerprint density at radius 1 is 1.31 bits per heavy atom. The fourth-order valence-electron chi connectivity index (χ4n) is 1.08. The first kappa shape index (κ1) is 10.2. The summed E-state index contributed by atoms with van der Waals surface area (Å²) in [6.07, 6.45) is 3.61. The maximum absolute atomic E-state index is 4.28. The summed E-state index contributed by atoms with van der Waals surface area (Å²) >= 11 is 0. The molecule has 0 unspecified atom stereocenters. The van der Waals surface area contributed by atoms with E-state index in [1.807, 2.05) is 0 Å². The van der Waals surface area contributed by atoms with Crippen LogP contribution in [0, 0.1) is 0 Å². The smallest absolute Gasteiger partial charge is 0.164 e. The summed E-state index contributed by atoms with van der Waals surface area (Å²) in [6, 6.07) is 0. The molecule has 4 nitrogen and oxygen atoms in total. The van der Waals surface area contributed by atoms with E-state index in [9.17, 15) is 0 Å². The van der Waals surface area contributed by atoms with Gasteiger partial charge in [0.2, 0.25) is 0 Å². The quantitative estimate of drug-likeness (QED) is 0.654. The average Bonchev–Trinajstić information content (AvgIpc) is 2.53. The fourth-order valence-corrected chi connectivity index (χ4v) is 1.08. The highest BCUT2D eigenvalue weighted by Gasteiger charge is 2.05. The highest BCUT2D eigenvalue weighted by Crippen LogP contribution is 2.05. The van der Waals surface area contributed by atoms with Crippen LogP contribution in [0.3, 0.4) is 0 Å². The maximum Gasteiger partial charge on any atom is 0.177 e. The van der Waals surface area contributed by atoms with Gasteiger partial charge in [-0.25, -0.2) is 0 Å². The van der Waals surface area contributed by atoms with Crippen molar-refractivity contribution >= 4 is 0 Å². The van der Waals surface area contributed by atoms with Crippen LogP contribution in [-0.2, 0) is 6.54 Å². The van der Waals surface area contributed by atoms with Crippen molar-refractivity contribution in [2.75, 3.05) is 0 Å². The van der Waals surface area contributed by atoms with Crippen LogP contribution in [0.2, 0.25) is 0 Å². The number of rotatable bonds is 5. The number of tetrazole rings is 1. The average molecular weight is 182 g/mol. The molecule has 0 aliphatic carbocycles. The van der Waals surface area contributed by atoms with Gasteiger partial charge in [0.05, 0.1) is 6.54 Å². The lowest BCUT2D eigenvalue weighted by atomic mass is 10.2. The number of nitrogens with zero attached hydrogens (tertiary/aromatic N) is 4. The highest BCUT2D eigenvalue weighted by molar-refractivity contribution is 4.84. The molecule has 0 atom stereocenters. The molecule has 0 radical (unpaired) electrons. The number of hydrogen-bond acceptors (Lipinski definition) is 3. The Labute approximate surface area is 79.3 Å². The summed E-state index contributed by atoms with van der Waals surface area (Å²) < 4.78 is 0. The van der Waals surface area contributed by atoms with Crippen molar-refractivity contribution in [2.45, 2.75) is 52.5 Å². The molecule has 4 heteroatoms. The molecule has 0 aliphatic heterocycles. The zero-order chi connectivity index (χ0) is 9.68. The molecule has 13 heavy (non-hydrogen) atoms. The predicted molar refractivity (Wildman–Crippen MR) is 51.4 cm³/mol. The normalized spacial score (nSPS) is 11.1. The Hall–Kier alpha value is -0.930. The molecule has 0 saturated heterocycles. The highest BCUT2D eigenvalue weighted by atomic mass is 15.6. The van der Waals surface area contributed by atoms with E-state index in [-0.39, 0.29) is 0 Å². The third-order valence-corrected chi connectivity index (χ3v) is 1.95. The molecular formula is C9H18N4. The second kappa shape index (κ2) is 4.94. The van der Waals surface area contributed by atoms with Crippen LogP contribution < -0.4 is 0 Å². The monoisotopic (exact) mass is 182 g/mol. The molecule has 0 amide bonds. The fraction of sp³-hybridized carbons (Fsp3) is 0.889. The summed E-state index contributed by atoms with van der Waals surface area (Å²) in [5.41, 5.74) is 0. The molecule has 0 fully saturated rings. The van der Waals surface area contributed by atoms with Crippen molar-refractivity contribution in [3.8, 4) is 0 Å². The minimum absolute atomic E-state index is 0.375. The van der Waals surface area contributed by atoms with Gasteiger partial charge in [-0.2, -0.15) is 4.80 Å². The minimum atomic E-state index is 0.375. The van der Waals surface area contributed by atoms with Crippen LogP contribution in [0.1, 0.15) is 51.8 Å². The van der Waals surface area contributed by atoms with Crippen LogP contribution in [0.5, 0.6) is 0 Å². The van der Waals surface area contributed by atoms with Crippen LogP contribution in [0.15, 0.2) is 0 Å². The minimum Gasteiger partial charge on any atom is -0.164 e. The summed E-state index contributed by atoms with van der Waals surface area (Å²) in [6.45, 7) is 7.24. The van der Waals surface area contributed by atoms with Crippen LogP contribution >= 0.6 is 0 Å². The van der Waals surface area contributed by atoms with Gasteiger partial charge in [-0.3, -0.25) is 0 Å². The number of aryl methyl sites for hydroxylation is 1. The zero-order valence-corrected chi connectivity index (χ0v) is 8.69. The van der Waals surface area contributed by atoms with E-state index < -0.39 is 0 Å². The van der Waals surface area contributed by atoms with E-state index in [2.05, 4.69) is 36.2 Å². The van der Waals surface area contributed by atoms with Gasteiger partial charge in [0.15, 0.2) is 5.82 Å². The largest absolute Gasteiger partial charge is 0.177 e. The number of unbranched alkanes of at least 4 members (excludes halogenated alkanes) is 2. The van der Waals surface area contributed by atoms with Crippen molar-refractivity contribution in [3.63, 3.8) is 0 Å². The first-order chi connectivity index (χ1) is 6.24. The van der Waals surface area contributed by atoms with Crippen molar-refractivity contribution < 1.29 is 0 Å². The zero-order valence-electron chi connectivity index (χ0n) is 8.69. The van der Waals surface area contributed by atoms with Crippen LogP contribution in [-0.4, -0.2) is 20.2 Å². The number of aromatic nitrogens is 4. The van der Waals surface area contributed by atoms with Crippen molar-refractivity contribution in [2.24, 2.45) is 0 Å². The molecule has 0 aromatic carbocycles. The Kier molecular flexibility index (Phi) is 3.86. The second-order valence-electron chi connectivity index (χ2n) is 3.61. The SMILES string of the molecule is CCCCCn1nnc(C(C)C)n1. The van der Waals surface area contributed by atoms with Gasteiger partial charge in [0.25, 0.3) is 0 Å². The summed E-state index contributed by atoms with van der Waals surface area (Å²) in [5, 5.41) is 12.2. The molecule has 1 heterocycles. The van der Waals surface area contributed by atoms with E-state index in [4.69, 9.17) is 0 Å². The number of hydrogen-bond donors (Lipinski definition) is 0. The van der Waals surface area contributed by atoms with Crippen molar-refractivity contribution in [1.82, 2.24) is 20.2 Å². The van der Waals surface area contributed by atoms with E-state index >= 15 is 0 Å². The van der Waals surface area contributed by atoms with Gasteiger partial charge in [0, 0.05) is 5.92 Å². The van der Waals surface area contributed by atoms with Gasteiger partial charge in [0.1, 0.15) is 0 Å². The van der Waals surface area contributed by atoms with E-state index in [0.717, 1.165) is 18.8 Å². The Balaban J connectivity index is 2.40. The summed E-state index contributed by atoms with van der Waals surface area (Å²) in [4.78, 5) is 1.70. The van der Waals surface area contributed by atoms with Gasteiger partial charge >= 0.3 is 0 Å².